The summed E-state index contributed by atoms with van der Waals surface area (Å²) < 4.78 is 7.21. The fourth-order valence-corrected chi connectivity index (χ4v) is 3.60. The summed E-state index contributed by atoms with van der Waals surface area (Å²) in [7, 11) is 1.67. The first-order valence-corrected chi connectivity index (χ1v) is 10.8. The number of imidazole rings is 1. The Balaban J connectivity index is 1.58. The van der Waals surface area contributed by atoms with E-state index in [1.807, 2.05) is 47.0 Å². The number of aryl methyl sites for hydroxylation is 1. The first-order valence-electron chi connectivity index (χ1n) is 10.8. The van der Waals surface area contributed by atoms with Crippen LogP contribution in [0.2, 0.25) is 0 Å². The van der Waals surface area contributed by atoms with Crippen LogP contribution in [-0.4, -0.2) is 29.2 Å². The van der Waals surface area contributed by atoms with E-state index in [2.05, 4.69) is 22.8 Å². The smallest absolute Gasteiger partial charge is 0.257 e. The van der Waals surface area contributed by atoms with Gasteiger partial charge >= 0.3 is 0 Å². The number of nitrogens with one attached hydrogen (secondary N) is 2. The van der Waals surface area contributed by atoms with E-state index < -0.39 is 0 Å². The van der Waals surface area contributed by atoms with Crippen LogP contribution in [0.4, 0.5) is 11.6 Å². The first-order chi connectivity index (χ1) is 16.2. The summed E-state index contributed by atoms with van der Waals surface area (Å²) in [5.41, 5.74) is 4.89. The number of nitriles is 1. The van der Waals surface area contributed by atoms with Crippen LogP contribution in [0, 0.1) is 11.3 Å². The standard InChI is InChI=1S/C26H25N5O2/c1-33-15-5-14-31-24-13-10-20(18-28-22-6-3-2-4-7-22)16-23(24)29-26(31)30-25(32)21-11-8-19(17-27)9-12-21/h2-4,6-13,16,28H,5,14-15,18H2,1H3,(H,29,30,32). The van der Waals surface area contributed by atoms with Gasteiger partial charge < -0.3 is 14.6 Å². The molecule has 0 aliphatic carbocycles. The highest BCUT2D eigenvalue weighted by molar-refractivity contribution is 6.04. The average molecular weight is 440 g/mol. The zero-order chi connectivity index (χ0) is 23.0. The summed E-state index contributed by atoms with van der Waals surface area (Å²) in [6, 6.07) is 24.8. The number of methoxy groups -OCH3 is 1. The Morgan fingerprint density at radius 2 is 1.88 bits per heavy atom. The fraction of sp³-hybridized carbons (Fsp3) is 0.192. The summed E-state index contributed by atoms with van der Waals surface area (Å²) in [6.45, 7) is 1.94. The number of carbonyl (C=O) groups is 1. The van der Waals surface area contributed by atoms with Crippen molar-refractivity contribution in [1.29, 1.82) is 5.26 Å². The number of hydrogen-bond donors (Lipinski definition) is 2. The molecule has 1 amide bonds. The van der Waals surface area contributed by atoms with Crippen molar-refractivity contribution in [2.24, 2.45) is 0 Å². The van der Waals surface area contributed by atoms with Crippen molar-refractivity contribution in [2.75, 3.05) is 24.4 Å². The number of nitrogens with zero attached hydrogens (tertiary/aromatic N) is 3. The Morgan fingerprint density at radius 1 is 1.09 bits per heavy atom. The summed E-state index contributed by atoms with van der Waals surface area (Å²) in [5, 5.41) is 15.3. The van der Waals surface area contributed by atoms with Crippen molar-refractivity contribution in [1.82, 2.24) is 9.55 Å². The number of fused-ring (bicyclic) bond motifs is 1. The summed E-state index contributed by atoms with van der Waals surface area (Å²) >= 11 is 0. The molecule has 33 heavy (non-hydrogen) atoms. The highest BCUT2D eigenvalue weighted by Gasteiger charge is 2.15. The molecule has 0 radical (unpaired) electrons. The molecule has 0 unspecified atom stereocenters. The molecule has 1 heterocycles. The minimum atomic E-state index is -0.270. The molecule has 4 rings (SSSR count). The predicted octanol–water partition coefficient (Wildman–Crippen LogP) is 4.81. The SMILES string of the molecule is COCCCn1c(NC(=O)c2ccc(C#N)cc2)nc2cc(CNc3ccccc3)ccc21. The normalized spacial score (nSPS) is 10.7. The van der Waals surface area contributed by atoms with Crippen LogP contribution in [0.15, 0.2) is 72.8 Å². The van der Waals surface area contributed by atoms with E-state index in [0.29, 0.717) is 36.8 Å². The summed E-state index contributed by atoms with van der Waals surface area (Å²) in [5.74, 6) is 0.220. The van der Waals surface area contributed by atoms with Gasteiger partial charge in [0.2, 0.25) is 5.95 Å². The molecule has 0 saturated heterocycles. The molecular formula is C26H25N5O2. The predicted molar refractivity (Wildman–Crippen MR) is 129 cm³/mol. The van der Waals surface area contributed by atoms with Crippen LogP contribution in [-0.2, 0) is 17.8 Å². The average Bonchev–Trinajstić information content (AvgIpc) is 3.19. The minimum Gasteiger partial charge on any atom is -0.385 e. The molecule has 0 bridgehead atoms. The molecule has 166 valence electrons. The lowest BCUT2D eigenvalue weighted by Crippen LogP contribution is -2.16. The van der Waals surface area contributed by atoms with Gasteiger partial charge in [-0.1, -0.05) is 24.3 Å². The lowest BCUT2D eigenvalue weighted by atomic mass is 10.1. The van der Waals surface area contributed by atoms with Gasteiger partial charge in [0.05, 0.1) is 22.7 Å². The summed E-state index contributed by atoms with van der Waals surface area (Å²) in [4.78, 5) is 17.5. The van der Waals surface area contributed by atoms with Crippen LogP contribution in [0.1, 0.15) is 27.9 Å². The zero-order valence-electron chi connectivity index (χ0n) is 18.4. The molecular weight excluding hydrogens is 414 g/mol. The Morgan fingerprint density at radius 3 is 2.61 bits per heavy atom. The van der Waals surface area contributed by atoms with E-state index in [4.69, 9.17) is 15.0 Å². The van der Waals surface area contributed by atoms with Gasteiger partial charge in [0, 0.05) is 38.1 Å². The highest BCUT2D eigenvalue weighted by atomic mass is 16.5. The van der Waals surface area contributed by atoms with Crippen LogP contribution in [0.3, 0.4) is 0 Å². The van der Waals surface area contributed by atoms with Gasteiger partial charge in [0.1, 0.15) is 0 Å². The van der Waals surface area contributed by atoms with Gasteiger partial charge in [-0.3, -0.25) is 10.1 Å². The van der Waals surface area contributed by atoms with Crippen molar-refractivity contribution in [3.05, 3.63) is 89.5 Å². The Labute approximate surface area is 192 Å². The van der Waals surface area contributed by atoms with Crippen molar-refractivity contribution >= 4 is 28.6 Å². The molecule has 4 aromatic rings. The van der Waals surface area contributed by atoms with Crippen LogP contribution in [0.25, 0.3) is 11.0 Å². The minimum absolute atomic E-state index is 0.270. The monoisotopic (exact) mass is 439 g/mol. The number of para-hydroxylation sites is 1. The van der Waals surface area contributed by atoms with E-state index in [1.54, 1.807) is 31.4 Å². The molecule has 0 fully saturated rings. The number of aromatic nitrogens is 2. The zero-order valence-corrected chi connectivity index (χ0v) is 18.4. The van der Waals surface area contributed by atoms with Crippen molar-refractivity contribution < 1.29 is 9.53 Å². The van der Waals surface area contributed by atoms with Crippen LogP contribution in [0.5, 0.6) is 0 Å². The second-order valence-electron chi connectivity index (χ2n) is 7.62. The number of hydrogen-bond acceptors (Lipinski definition) is 5. The third-order valence-electron chi connectivity index (χ3n) is 5.31. The van der Waals surface area contributed by atoms with Crippen molar-refractivity contribution in [2.45, 2.75) is 19.5 Å². The highest BCUT2D eigenvalue weighted by Crippen LogP contribution is 2.23. The molecule has 0 aliphatic heterocycles. The Bertz CT molecular complexity index is 1270. The van der Waals surface area contributed by atoms with Crippen LogP contribution >= 0.6 is 0 Å². The number of anilines is 2. The van der Waals surface area contributed by atoms with Gasteiger partial charge in [0.15, 0.2) is 0 Å². The van der Waals surface area contributed by atoms with Gasteiger partial charge in [0.25, 0.3) is 5.91 Å². The Kier molecular flexibility index (Phi) is 6.98. The third kappa shape index (κ3) is 5.37. The lowest BCUT2D eigenvalue weighted by molar-refractivity contribution is 0.102. The summed E-state index contributed by atoms with van der Waals surface area (Å²) in [6.07, 6.45) is 0.791. The maximum atomic E-state index is 12.8. The maximum absolute atomic E-state index is 12.8. The number of rotatable bonds is 9. The van der Waals surface area contributed by atoms with Gasteiger partial charge in [-0.15, -0.1) is 0 Å². The molecule has 0 aliphatic rings. The van der Waals surface area contributed by atoms with E-state index in [9.17, 15) is 4.79 Å². The molecule has 2 N–H and O–H groups in total. The van der Waals surface area contributed by atoms with Crippen molar-refractivity contribution in [3.63, 3.8) is 0 Å². The molecule has 3 aromatic carbocycles. The van der Waals surface area contributed by atoms with E-state index in [-0.39, 0.29) is 5.91 Å². The maximum Gasteiger partial charge on any atom is 0.257 e. The first kappa shape index (κ1) is 22.1. The number of benzene rings is 3. The quantitative estimate of drug-likeness (QED) is 0.365. The van der Waals surface area contributed by atoms with E-state index >= 15 is 0 Å². The van der Waals surface area contributed by atoms with Gasteiger partial charge in [-0.05, 0) is 60.5 Å². The fourth-order valence-electron chi connectivity index (χ4n) is 3.60. The molecule has 0 spiro atoms. The van der Waals surface area contributed by atoms with Gasteiger partial charge in [-0.2, -0.15) is 5.26 Å². The number of carbonyl (C=O) groups excluding carboxylic acids is 1. The second kappa shape index (κ2) is 10.4. The van der Waals surface area contributed by atoms with Crippen molar-refractivity contribution in [3.8, 4) is 6.07 Å². The number of ether oxygens (including phenoxy) is 1. The molecule has 0 atom stereocenters. The lowest BCUT2D eigenvalue weighted by Gasteiger charge is -2.10. The topological polar surface area (TPSA) is 92.0 Å². The molecule has 7 heteroatoms. The molecule has 7 nitrogen and oxygen atoms in total. The largest absolute Gasteiger partial charge is 0.385 e. The number of amides is 1. The van der Waals surface area contributed by atoms with Gasteiger partial charge in [-0.25, -0.2) is 4.98 Å². The van der Waals surface area contributed by atoms with E-state index in [0.717, 1.165) is 28.7 Å². The Hall–Kier alpha value is -4.15. The molecule has 0 saturated carbocycles. The third-order valence-corrected chi connectivity index (χ3v) is 5.31. The van der Waals surface area contributed by atoms with Crippen LogP contribution < -0.4 is 10.6 Å². The van der Waals surface area contributed by atoms with E-state index in [1.165, 1.54) is 0 Å². The molecule has 1 aromatic heterocycles. The second-order valence-corrected chi connectivity index (χ2v) is 7.62.